The third-order valence-electron chi connectivity index (χ3n) is 2.35. The van der Waals surface area contributed by atoms with Crippen molar-refractivity contribution >= 4 is 28.4 Å². The van der Waals surface area contributed by atoms with Gasteiger partial charge in [0, 0.05) is 17.6 Å². The fourth-order valence-electron chi connectivity index (χ4n) is 1.35. The molecule has 0 spiro atoms. The van der Waals surface area contributed by atoms with Crippen LogP contribution in [0.1, 0.15) is 12.0 Å². The monoisotopic (exact) mass is 313 g/mol. The number of rotatable bonds is 6. The molecule has 0 bridgehead atoms. The Balaban J connectivity index is 2.43. The van der Waals surface area contributed by atoms with Gasteiger partial charge in [-0.3, -0.25) is 9.69 Å². The topological polar surface area (TPSA) is 75.4 Å². The van der Waals surface area contributed by atoms with E-state index >= 15 is 0 Å². The zero-order chi connectivity index (χ0) is 13.4. The summed E-state index contributed by atoms with van der Waals surface area (Å²) >= 11 is 3.33. The Kier molecular flexibility index (Phi) is 6.38. The van der Waals surface area contributed by atoms with E-state index in [-0.39, 0.29) is 0 Å². The van der Waals surface area contributed by atoms with Crippen LogP contribution in [0.2, 0.25) is 0 Å². The number of amides is 3. The van der Waals surface area contributed by atoms with Crippen molar-refractivity contribution in [2.75, 3.05) is 13.1 Å². The van der Waals surface area contributed by atoms with E-state index < -0.39 is 6.03 Å². The predicted molar refractivity (Wildman–Crippen MR) is 72.8 cm³/mol. The van der Waals surface area contributed by atoms with E-state index in [1.54, 1.807) is 0 Å². The maximum Gasteiger partial charge on any atom is 0.324 e. The summed E-state index contributed by atoms with van der Waals surface area (Å²) in [7, 11) is 0. The molecule has 0 atom stereocenters. The molecule has 3 amide bonds. The van der Waals surface area contributed by atoms with E-state index in [0.717, 1.165) is 14.9 Å². The number of hydrogen-bond donors (Lipinski definition) is 2. The average molecular weight is 314 g/mol. The second-order valence-electron chi connectivity index (χ2n) is 3.73. The molecule has 0 fully saturated rings. The minimum atomic E-state index is -0.402. The number of nitrogens with zero attached hydrogens (tertiary/aromatic N) is 1. The Bertz CT molecular complexity index is 395. The molecule has 0 aromatic heterocycles. The van der Waals surface area contributed by atoms with Crippen LogP contribution in [-0.4, -0.2) is 30.4 Å². The smallest absolute Gasteiger partial charge is 0.324 e. The van der Waals surface area contributed by atoms with E-state index in [4.69, 9.17) is 5.73 Å². The summed E-state index contributed by atoms with van der Waals surface area (Å²) in [5, 5.41) is 2.68. The molecule has 1 aromatic carbocycles. The van der Waals surface area contributed by atoms with Gasteiger partial charge in [-0.2, -0.15) is 0 Å². The molecule has 18 heavy (non-hydrogen) atoms. The summed E-state index contributed by atoms with van der Waals surface area (Å²) in [5.74, 6) is 0. The fourth-order valence-corrected chi connectivity index (χ4v) is 1.61. The van der Waals surface area contributed by atoms with E-state index in [9.17, 15) is 9.59 Å². The number of imide groups is 1. The average Bonchev–Trinajstić information content (AvgIpc) is 2.39. The third-order valence-corrected chi connectivity index (χ3v) is 2.88. The van der Waals surface area contributed by atoms with E-state index in [2.05, 4.69) is 21.2 Å². The van der Waals surface area contributed by atoms with Crippen LogP contribution < -0.4 is 11.1 Å². The molecule has 0 heterocycles. The number of halogens is 1. The van der Waals surface area contributed by atoms with Gasteiger partial charge in [-0.25, -0.2) is 4.79 Å². The van der Waals surface area contributed by atoms with Crippen LogP contribution in [0, 0.1) is 0 Å². The number of carbonyl (C=O) groups is 2. The summed E-state index contributed by atoms with van der Waals surface area (Å²) < 4.78 is 0.982. The lowest BCUT2D eigenvalue weighted by atomic mass is 10.2. The molecule has 0 unspecified atom stereocenters. The number of carbonyl (C=O) groups excluding carboxylic acids is 2. The predicted octanol–water partition coefficient (Wildman–Crippen LogP) is 1.47. The molecule has 0 aliphatic rings. The summed E-state index contributed by atoms with van der Waals surface area (Å²) in [4.78, 5) is 23.5. The molecule has 0 aliphatic heterocycles. The Morgan fingerprint density at radius 3 is 2.61 bits per heavy atom. The van der Waals surface area contributed by atoms with Crippen molar-refractivity contribution < 1.29 is 9.59 Å². The summed E-state index contributed by atoms with van der Waals surface area (Å²) in [6.45, 7) is 1.18. The molecule has 98 valence electrons. The molecule has 0 saturated heterocycles. The van der Waals surface area contributed by atoms with Gasteiger partial charge in [0.05, 0.1) is 0 Å². The van der Waals surface area contributed by atoms with E-state index in [0.29, 0.717) is 32.5 Å². The maximum absolute atomic E-state index is 11.7. The molecule has 3 N–H and O–H groups in total. The highest BCUT2D eigenvalue weighted by Crippen LogP contribution is 2.10. The van der Waals surface area contributed by atoms with Crippen molar-refractivity contribution in [3.8, 4) is 0 Å². The molecular weight excluding hydrogens is 298 g/mol. The van der Waals surface area contributed by atoms with Crippen LogP contribution in [0.4, 0.5) is 4.79 Å². The van der Waals surface area contributed by atoms with Gasteiger partial charge in [0.1, 0.15) is 0 Å². The van der Waals surface area contributed by atoms with Crippen LogP contribution in [-0.2, 0) is 11.3 Å². The van der Waals surface area contributed by atoms with Gasteiger partial charge in [-0.05, 0) is 30.7 Å². The Morgan fingerprint density at radius 1 is 1.39 bits per heavy atom. The van der Waals surface area contributed by atoms with Crippen LogP contribution in [0.15, 0.2) is 28.7 Å². The van der Waals surface area contributed by atoms with E-state index in [1.807, 2.05) is 24.3 Å². The molecule has 1 aromatic rings. The molecular formula is C12H16BrN3O2. The Labute approximate surface area is 114 Å². The van der Waals surface area contributed by atoms with Crippen LogP contribution in [0.5, 0.6) is 0 Å². The molecule has 6 heteroatoms. The van der Waals surface area contributed by atoms with Crippen LogP contribution >= 0.6 is 15.9 Å². The summed E-state index contributed by atoms with van der Waals surface area (Å²) in [6.07, 6.45) is 1.12. The maximum atomic E-state index is 11.7. The SMILES string of the molecule is NCCCN(C=O)C(=O)NCc1ccc(Br)cc1. The minimum Gasteiger partial charge on any atom is -0.334 e. The number of hydrogen-bond acceptors (Lipinski definition) is 3. The number of nitrogens with one attached hydrogen (secondary N) is 1. The zero-order valence-electron chi connectivity index (χ0n) is 9.93. The lowest BCUT2D eigenvalue weighted by Crippen LogP contribution is -2.39. The van der Waals surface area contributed by atoms with Gasteiger partial charge in [-0.1, -0.05) is 28.1 Å². The highest BCUT2D eigenvalue weighted by Gasteiger charge is 2.10. The second kappa shape index (κ2) is 7.84. The van der Waals surface area contributed by atoms with Gasteiger partial charge >= 0.3 is 6.03 Å². The Morgan fingerprint density at radius 2 is 2.06 bits per heavy atom. The van der Waals surface area contributed by atoms with Gasteiger partial charge in [0.2, 0.25) is 6.41 Å². The van der Waals surface area contributed by atoms with Crippen molar-refractivity contribution in [3.05, 3.63) is 34.3 Å². The first-order valence-electron chi connectivity index (χ1n) is 5.61. The second-order valence-corrected chi connectivity index (χ2v) is 4.64. The van der Waals surface area contributed by atoms with Gasteiger partial charge in [0.25, 0.3) is 0 Å². The zero-order valence-corrected chi connectivity index (χ0v) is 11.5. The first-order chi connectivity index (χ1) is 8.67. The summed E-state index contributed by atoms with van der Waals surface area (Å²) in [6, 6.07) is 7.19. The standard InChI is InChI=1S/C12H16BrN3O2/c13-11-4-2-10(3-5-11)8-15-12(18)16(9-17)7-1-6-14/h2-5,9H,1,6-8,14H2,(H,15,18). The molecule has 5 nitrogen and oxygen atoms in total. The Hall–Kier alpha value is -1.40. The molecule has 0 radical (unpaired) electrons. The molecule has 0 saturated carbocycles. The largest absolute Gasteiger partial charge is 0.334 e. The number of benzene rings is 1. The quantitative estimate of drug-likeness (QED) is 0.781. The molecule has 1 rings (SSSR count). The first kappa shape index (κ1) is 14.7. The van der Waals surface area contributed by atoms with Crippen LogP contribution in [0.3, 0.4) is 0 Å². The minimum absolute atomic E-state index is 0.339. The molecule has 0 aliphatic carbocycles. The van der Waals surface area contributed by atoms with Crippen molar-refractivity contribution in [1.29, 1.82) is 0 Å². The van der Waals surface area contributed by atoms with E-state index in [1.165, 1.54) is 0 Å². The third kappa shape index (κ3) is 4.85. The van der Waals surface area contributed by atoms with Gasteiger partial charge < -0.3 is 11.1 Å². The van der Waals surface area contributed by atoms with Crippen molar-refractivity contribution in [1.82, 2.24) is 10.2 Å². The lowest BCUT2D eigenvalue weighted by molar-refractivity contribution is -0.115. The van der Waals surface area contributed by atoms with Crippen molar-refractivity contribution in [3.63, 3.8) is 0 Å². The normalized spacial score (nSPS) is 9.89. The number of urea groups is 1. The van der Waals surface area contributed by atoms with Gasteiger partial charge in [0.15, 0.2) is 0 Å². The van der Waals surface area contributed by atoms with Crippen LogP contribution in [0.25, 0.3) is 0 Å². The van der Waals surface area contributed by atoms with Crippen molar-refractivity contribution in [2.24, 2.45) is 5.73 Å². The van der Waals surface area contributed by atoms with Crippen molar-refractivity contribution in [2.45, 2.75) is 13.0 Å². The van der Waals surface area contributed by atoms with Gasteiger partial charge in [-0.15, -0.1) is 0 Å². The first-order valence-corrected chi connectivity index (χ1v) is 6.41. The highest BCUT2D eigenvalue weighted by atomic mass is 79.9. The fraction of sp³-hybridized carbons (Fsp3) is 0.333. The summed E-state index contributed by atoms with van der Waals surface area (Å²) in [5.41, 5.74) is 6.30. The highest BCUT2D eigenvalue weighted by molar-refractivity contribution is 9.10. The number of nitrogens with two attached hydrogens (primary N) is 1. The lowest BCUT2D eigenvalue weighted by Gasteiger charge is -2.15.